The highest BCUT2D eigenvalue weighted by Gasteiger charge is 2.30. The Morgan fingerprint density at radius 3 is 2.28 bits per heavy atom. The van der Waals surface area contributed by atoms with Crippen LogP contribution >= 0.6 is 0 Å². The fourth-order valence-electron chi connectivity index (χ4n) is 4.12. The molecule has 3 heteroatoms. The first-order valence-corrected chi connectivity index (χ1v) is 8.57. The predicted octanol–water partition coefficient (Wildman–Crippen LogP) is 4.94. The van der Waals surface area contributed by atoms with Crippen molar-refractivity contribution in [2.24, 2.45) is 0 Å². The van der Waals surface area contributed by atoms with Gasteiger partial charge in [0.1, 0.15) is 5.75 Å². The van der Waals surface area contributed by atoms with Gasteiger partial charge in [0.15, 0.2) is 11.5 Å². The number of rotatable bonds is 4. The summed E-state index contributed by atoms with van der Waals surface area (Å²) in [4.78, 5) is 0. The third kappa shape index (κ3) is 2.42. The second-order valence-corrected chi connectivity index (χ2v) is 6.37. The Morgan fingerprint density at radius 1 is 0.840 bits per heavy atom. The highest BCUT2D eigenvalue weighted by molar-refractivity contribution is 5.96. The summed E-state index contributed by atoms with van der Waals surface area (Å²) >= 11 is 0. The zero-order valence-corrected chi connectivity index (χ0v) is 14.8. The maximum atomic E-state index is 5.81. The molecular formula is C22H22O3. The first kappa shape index (κ1) is 15.8. The number of benzene rings is 3. The summed E-state index contributed by atoms with van der Waals surface area (Å²) in [6.45, 7) is 0. The Bertz CT molecular complexity index is 916. The molecule has 1 atom stereocenters. The third-order valence-corrected chi connectivity index (χ3v) is 5.20. The van der Waals surface area contributed by atoms with E-state index in [-0.39, 0.29) is 5.92 Å². The van der Waals surface area contributed by atoms with Crippen molar-refractivity contribution in [3.8, 4) is 17.2 Å². The maximum absolute atomic E-state index is 5.81. The zero-order chi connectivity index (χ0) is 17.4. The minimum Gasteiger partial charge on any atom is -0.496 e. The number of hydrogen-bond acceptors (Lipinski definition) is 3. The first-order valence-electron chi connectivity index (χ1n) is 8.57. The molecule has 3 aromatic rings. The van der Waals surface area contributed by atoms with E-state index in [9.17, 15) is 0 Å². The van der Waals surface area contributed by atoms with Crippen molar-refractivity contribution < 1.29 is 14.2 Å². The fourth-order valence-corrected chi connectivity index (χ4v) is 4.12. The summed E-state index contributed by atoms with van der Waals surface area (Å²) in [5.41, 5.74) is 3.79. The molecule has 0 radical (unpaired) electrons. The Balaban J connectivity index is 2.09. The van der Waals surface area contributed by atoms with E-state index < -0.39 is 0 Å². The standard InChI is InChI=1S/C22H22O3/c1-23-18-12-9-15-13-19(24-2)22(25-3)21-16(10-11-17(18)20(15)21)14-7-5-4-6-8-14/h4-9,12-13,16H,10-11H2,1-3H3. The Kier molecular flexibility index (Phi) is 4.00. The molecule has 0 aromatic heterocycles. The van der Waals surface area contributed by atoms with Gasteiger partial charge < -0.3 is 14.2 Å². The van der Waals surface area contributed by atoms with Crippen LogP contribution in [0.2, 0.25) is 0 Å². The van der Waals surface area contributed by atoms with Crippen LogP contribution in [-0.4, -0.2) is 21.3 Å². The summed E-state index contributed by atoms with van der Waals surface area (Å²) in [6, 6.07) is 16.9. The quantitative estimate of drug-likeness (QED) is 0.676. The molecule has 0 heterocycles. The van der Waals surface area contributed by atoms with Gasteiger partial charge in [-0.3, -0.25) is 0 Å². The Labute approximate surface area is 148 Å². The van der Waals surface area contributed by atoms with Crippen LogP contribution in [0.3, 0.4) is 0 Å². The topological polar surface area (TPSA) is 27.7 Å². The van der Waals surface area contributed by atoms with Crippen molar-refractivity contribution >= 4 is 10.8 Å². The fraction of sp³-hybridized carbons (Fsp3) is 0.273. The summed E-state index contributed by atoms with van der Waals surface area (Å²) < 4.78 is 17.1. The number of hydrogen-bond donors (Lipinski definition) is 0. The van der Waals surface area contributed by atoms with Gasteiger partial charge in [0, 0.05) is 17.0 Å². The molecule has 0 saturated heterocycles. The van der Waals surface area contributed by atoms with E-state index in [0.717, 1.165) is 30.1 Å². The molecule has 1 aliphatic carbocycles. The van der Waals surface area contributed by atoms with Crippen molar-refractivity contribution in [1.82, 2.24) is 0 Å². The Morgan fingerprint density at radius 2 is 1.60 bits per heavy atom. The van der Waals surface area contributed by atoms with Gasteiger partial charge in [0.2, 0.25) is 0 Å². The average Bonchev–Trinajstić information content (AvgIpc) is 2.68. The van der Waals surface area contributed by atoms with Crippen molar-refractivity contribution in [2.75, 3.05) is 21.3 Å². The molecule has 1 aliphatic rings. The predicted molar refractivity (Wildman–Crippen MR) is 100 cm³/mol. The highest BCUT2D eigenvalue weighted by atomic mass is 16.5. The summed E-state index contributed by atoms with van der Waals surface area (Å²) in [6.07, 6.45) is 2.01. The van der Waals surface area contributed by atoms with Gasteiger partial charge in [0.25, 0.3) is 0 Å². The molecule has 0 N–H and O–H groups in total. The van der Waals surface area contributed by atoms with Gasteiger partial charge >= 0.3 is 0 Å². The van der Waals surface area contributed by atoms with E-state index in [0.29, 0.717) is 0 Å². The van der Waals surface area contributed by atoms with Crippen LogP contribution in [0.15, 0.2) is 48.5 Å². The lowest BCUT2D eigenvalue weighted by molar-refractivity contribution is 0.350. The van der Waals surface area contributed by atoms with Gasteiger partial charge in [-0.25, -0.2) is 0 Å². The van der Waals surface area contributed by atoms with Crippen molar-refractivity contribution in [3.63, 3.8) is 0 Å². The molecule has 0 fully saturated rings. The van der Waals surface area contributed by atoms with E-state index in [2.05, 4.69) is 48.5 Å². The normalized spacial score (nSPS) is 15.9. The second-order valence-electron chi connectivity index (χ2n) is 6.37. The summed E-state index contributed by atoms with van der Waals surface area (Å²) in [5, 5.41) is 2.42. The SMILES string of the molecule is COc1cc2ccc(OC)c3c2c(c1OC)C(c1ccccc1)CC3. The number of methoxy groups -OCH3 is 3. The highest BCUT2D eigenvalue weighted by Crippen LogP contribution is 2.50. The molecular weight excluding hydrogens is 312 g/mol. The zero-order valence-electron chi connectivity index (χ0n) is 14.8. The third-order valence-electron chi connectivity index (χ3n) is 5.20. The van der Waals surface area contributed by atoms with E-state index in [4.69, 9.17) is 14.2 Å². The minimum absolute atomic E-state index is 0.286. The summed E-state index contributed by atoms with van der Waals surface area (Å²) in [5.74, 6) is 2.85. The molecule has 0 saturated carbocycles. The molecule has 0 spiro atoms. The lowest BCUT2D eigenvalue weighted by Gasteiger charge is -2.30. The smallest absolute Gasteiger partial charge is 0.165 e. The van der Waals surface area contributed by atoms with Crippen LogP contribution in [0, 0.1) is 0 Å². The van der Waals surface area contributed by atoms with Crippen LogP contribution in [0.5, 0.6) is 17.2 Å². The molecule has 25 heavy (non-hydrogen) atoms. The molecule has 0 aliphatic heterocycles. The van der Waals surface area contributed by atoms with Gasteiger partial charge in [-0.1, -0.05) is 36.4 Å². The average molecular weight is 334 g/mol. The van der Waals surface area contributed by atoms with Gasteiger partial charge in [-0.05, 0) is 41.3 Å². The van der Waals surface area contributed by atoms with Crippen molar-refractivity contribution in [3.05, 3.63) is 65.2 Å². The van der Waals surface area contributed by atoms with Crippen LogP contribution in [0.4, 0.5) is 0 Å². The molecule has 1 unspecified atom stereocenters. The van der Waals surface area contributed by atoms with E-state index in [1.807, 2.05) is 0 Å². The number of ether oxygens (including phenoxy) is 3. The van der Waals surface area contributed by atoms with Crippen LogP contribution in [0.1, 0.15) is 29.0 Å². The lowest BCUT2D eigenvalue weighted by atomic mass is 9.77. The van der Waals surface area contributed by atoms with E-state index in [1.54, 1.807) is 21.3 Å². The number of aryl methyl sites for hydroxylation is 1. The molecule has 3 nitrogen and oxygen atoms in total. The Hall–Kier alpha value is -2.68. The van der Waals surface area contributed by atoms with Crippen molar-refractivity contribution in [1.29, 1.82) is 0 Å². The molecule has 128 valence electrons. The molecule has 3 aromatic carbocycles. The van der Waals surface area contributed by atoms with Gasteiger partial charge in [-0.15, -0.1) is 0 Å². The maximum Gasteiger partial charge on any atom is 0.165 e. The molecule has 4 rings (SSSR count). The largest absolute Gasteiger partial charge is 0.496 e. The van der Waals surface area contributed by atoms with Crippen LogP contribution in [-0.2, 0) is 6.42 Å². The second kappa shape index (κ2) is 6.32. The lowest BCUT2D eigenvalue weighted by Crippen LogP contribution is -2.13. The first-order chi connectivity index (χ1) is 12.3. The van der Waals surface area contributed by atoms with Crippen molar-refractivity contribution in [2.45, 2.75) is 18.8 Å². The van der Waals surface area contributed by atoms with Crippen LogP contribution in [0.25, 0.3) is 10.8 Å². The van der Waals surface area contributed by atoms with Crippen LogP contribution < -0.4 is 14.2 Å². The monoisotopic (exact) mass is 334 g/mol. The van der Waals surface area contributed by atoms with Gasteiger partial charge in [-0.2, -0.15) is 0 Å². The molecule has 0 bridgehead atoms. The van der Waals surface area contributed by atoms with Gasteiger partial charge in [0.05, 0.1) is 21.3 Å². The van der Waals surface area contributed by atoms with E-state index >= 15 is 0 Å². The van der Waals surface area contributed by atoms with E-state index in [1.165, 1.54) is 27.5 Å². The molecule has 0 amide bonds. The minimum atomic E-state index is 0.286. The summed E-state index contributed by atoms with van der Waals surface area (Å²) in [7, 11) is 5.15.